The first-order valence-corrected chi connectivity index (χ1v) is 6.16. The molecule has 0 radical (unpaired) electrons. The van der Waals surface area contributed by atoms with Gasteiger partial charge < -0.3 is 20.4 Å². The normalized spacial score (nSPS) is 10.7. The summed E-state index contributed by atoms with van der Waals surface area (Å²) in [5.74, 6) is 1.31. The van der Waals surface area contributed by atoms with Crippen molar-refractivity contribution in [2.75, 3.05) is 31.6 Å². The van der Waals surface area contributed by atoms with E-state index in [9.17, 15) is 4.79 Å². The van der Waals surface area contributed by atoms with E-state index in [1.54, 1.807) is 0 Å². The lowest BCUT2D eigenvalue weighted by Gasteiger charge is -2.26. The summed E-state index contributed by atoms with van der Waals surface area (Å²) in [7, 11) is 1.48. The lowest BCUT2D eigenvalue weighted by atomic mass is 10.2. The van der Waals surface area contributed by atoms with Gasteiger partial charge in [-0.1, -0.05) is 13.8 Å². The lowest BCUT2D eigenvalue weighted by Crippen LogP contribution is -2.32. The van der Waals surface area contributed by atoms with Gasteiger partial charge in [-0.15, -0.1) is 0 Å². The molecule has 0 bridgehead atoms. The lowest BCUT2D eigenvalue weighted by molar-refractivity contribution is 0.404. The third kappa shape index (κ3) is 3.73. The van der Waals surface area contributed by atoms with Crippen molar-refractivity contribution in [2.24, 2.45) is 11.7 Å². The first kappa shape index (κ1) is 14.5. The molecular weight excluding hydrogens is 232 g/mol. The third-order valence-corrected chi connectivity index (χ3v) is 2.51. The molecule has 6 nitrogen and oxygen atoms in total. The number of rotatable bonds is 7. The average Bonchev–Trinajstić information content (AvgIpc) is 2.33. The Bertz CT molecular complexity index is 417. The maximum atomic E-state index is 11.7. The maximum absolute atomic E-state index is 11.7. The van der Waals surface area contributed by atoms with E-state index in [-0.39, 0.29) is 11.3 Å². The Morgan fingerprint density at radius 2 is 2.28 bits per heavy atom. The van der Waals surface area contributed by atoms with Gasteiger partial charge in [-0.05, 0) is 18.9 Å². The largest absolute Gasteiger partial charge is 0.489 e. The monoisotopic (exact) mass is 254 g/mol. The van der Waals surface area contributed by atoms with E-state index in [0.717, 1.165) is 19.5 Å². The Hall–Kier alpha value is -1.56. The summed E-state index contributed by atoms with van der Waals surface area (Å²) in [5, 5.41) is 0. The topological polar surface area (TPSA) is 84.2 Å². The van der Waals surface area contributed by atoms with Crippen LogP contribution < -0.4 is 20.9 Å². The molecule has 0 aromatic carbocycles. The second-order valence-electron chi connectivity index (χ2n) is 4.57. The number of nitrogens with one attached hydrogen (secondary N) is 1. The van der Waals surface area contributed by atoms with Crippen molar-refractivity contribution in [3.63, 3.8) is 0 Å². The first-order valence-electron chi connectivity index (χ1n) is 6.16. The number of H-pyrrole nitrogens is 1. The summed E-state index contributed by atoms with van der Waals surface area (Å²) >= 11 is 0. The fourth-order valence-electron chi connectivity index (χ4n) is 1.79. The number of nitrogens with zero attached hydrogens (tertiary/aromatic N) is 2. The summed E-state index contributed by atoms with van der Waals surface area (Å²) in [6.07, 6.45) is 2.25. The molecule has 0 saturated carbocycles. The third-order valence-electron chi connectivity index (χ3n) is 2.51. The number of anilines is 1. The van der Waals surface area contributed by atoms with E-state index < -0.39 is 0 Å². The molecular formula is C12H22N4O2. The molecule has 0 aliphatic heterocycles. The number of nitrogens with two attached hydrogens (primary N) is 1. The van der Waals surface area contributed by atoms with Crippen LogP contribution in [0.5, 0.6) is 5.75 Å². The molecule has 1 aromatic heterocycles. The van der Waals surface area contributed by atoms with Crippen LogP contribution in [0.2, 0.25) is 0 Å². The number of methoxy groups -OCH3 is 1. The molecule has 1 rings (SSSR count). The predicted molar refractivity (Wildman–Crippen MR) is 72.1 cm³/mol. The Balaban J connectivity index is 3.03. The second kappa shape index (κ2) is 7.00. The van der Waals surface area contributed by atoms with Gasteiger partial charge in [-0.25, -0.2) is 4.98 Å². The van der Waals surface area contributed by atoms with Crippen molar-refractivity contribution in [2.45, 2.75) is 20.3 Å². The highest BCUT2D eigenvalue weighted by Crippen LogP contribution is 2.21. The number of ether oxygens (including phenoxy) is 1. The van der Waals surface area contributed by atoms with E-state index in [1.165, 1.54) is 13.4 Å². The summed E-state index contributed by atoms with van der Waals surface area (Å²) in [6.45, 7) is 6.43. The van der Waals surface area contributed by atoms with Crippen molar-refractivity contribution >= 4 is 5.82 Å². The van der Waals surface area contributed by atoms with Crippen LogP contribution in [0.1, 0.15) is 20.3 Å². The van der Waals surface area contributed by atoms with Crippen LogP contribution >= 0.6 is 0 Å². The molecule has 0 aliphatic rings. The maximum Gasteiger partial charge on any atom is 0.295 e. The van der Waals surface area contributed by atoms with Crippen LogP contribution in [0.25, 0.3) is 0 Å². The van der Waals surface area contributed by atoms with Crippen LogP contribution in [0.4, 0.5) is 5.82 Å². The minimum Gasteiger partial charge on any atom is -0.489 e. The van der Waals surface area contributed by atoms with Crippen molar-refractivity contribution in [3.8, 4) is 5.75 Å². The van der Waals surface area contributed by atoms with Crippen LogP contribution in [0.3, 0.4) is 0 Å². The SMILES string of the molecule is COc1c(N(CCCN)CC(C)C)nc[nH]c1=O. The standard InChI is InChI=1S/C12H22N4O2/c1-9(2)7-16(6-4-5-13)11-10(18-3)12(17)15-8-14-11/h8-9H,4-7,13H2,1-3H3,(H,14,15,17). The van der Waals surface area contributed by atoms with Crippen molar-refractivity contribution in [3.05, 3.63) is 16.7 Å². The molecule has 0 amide bonds. The van der Waals surface area contributed by atoms with Gasteiger partial charge in [-0.3, -0.25) is 4.79 Å². The van der Waals surface area contributed by atoms with Crippen LogP contribution in [-0.4, -0.2) is 36.7 Å². The smallest absolute Gasteiger partial charge is 0.295 e. The van der Waals surface area contributed by atoms with E-state index >= 15 is 0 Å². The predicted octanol–water partition coefficient (Wildman–Crippen LogP) is 0.590. The Morgan fingerprint density at radius 1 is 1.56 bits per heavy atom. The minimum atomic E-state index is -0.260. The molecule has 0 unspecified atom stereocenters. The van der Waals surface area contributed by atoms with Gasteiger partial charge >= 0.3 is 0 Å². The molecule has 0 spiro atoms. The average molecular weight is 254 g/mol. The number of aromatic amines is 1. The second-order valence-corrected chi connectivity index (χ2v) is 4.57. The van der Waals surface area contributed by atoms with Crippen LogP contribution in [-0.2, 0) is 0 Å². The van der Waals surface area contributed by atoms with Crippen molar-refractivity contribution in [1.29, 1.82) is 0 Å². The molecule has 0 fully saturated rings. The Labute approximate surface area is 107 Å². The fourth-order valence-corrected chi connectivity index (χ4v) is 1.79. The van der Waals surface area contributed by atoms with Crippen LogP contribution in [0.15, 0.2) is 11.1 Å². The quantitative estimate of drug-likeness (QED) is 0.744. The van der Waals surface area contributed by atoms with Crippen molar-refractivity contribution < 1.29 is 4.74 Å². The molecule has 6 heteroatoms. The highest BCUT2D eigenvalue weighted by Gasteiger charge is 2.17. The molecule has 1 aromatic rings. The van der Waals surface area contributed by atoms with E-state index in [1.807, 2.05) is 4.90 Å². The number of hydrogen-bond acceptors (Lipinski definition) is 5. The van der Waals surface area contributed by atoms with E-state index in [2.05, 4.69) is 23.8 Å². The molecule has 102 valence electrons. The van der Waals surface area contributed by atoms with E-state index in [4.69, 9.17) is 10.5 Å². The zero-order valence-electron chi connectivity index (χ0n) is 11.3. The molecule has 0 aliphatic carbocycles. The highest BCUT2D eigenvalue weighted by atomic mass is 16.5. The van der Waals surface area contributed by atoms with Gasteiger partial charge in [0.2, 0.25) is 5.75 Å². The zero-order valence-corrected chi connectivity index (χ0v) is 11.3. The van der Waals surface area contributed by atoms with Gasteiger partial charge in [0.15, 0.2) is 5.82 Å². The summed E-state index contributed by atoms with van der Waals surface area (Å²) in [6, 6.07) is 0. The van der Waals surface area contributed by atoms with Gasteiger partial charge in [0, 0.05) is 13.1 Å². The number of hydrogen-bond donors (Lipinski definition) is 2. The Kier molecular flexibility index (Phi) is 5.64. The number of aromatic nitrogens is 2. The summed E-state index contributed by atoms with van der Waals surface area (Å²) < 4.78 is 5.14. The minimum absolute atomic E-state index is 0.259. The summed E-state index contributed by atoms with van der Waals surface area (Å²) in [5.41, 5.74) is 5.28. The fraction of sp³-hybridized carbons (Fsp3) is 0.667. The molecule has 0 saturated heterocycles. The van der Waals surface area contributed by atoms with Crippen molar-refractivity contribution in [1.82, 2.24) is 9.97 Å². The Morgan fingerprint density at radius 3 is 2.83 bits per heavy atom. The molecule has 18 heavy (non-hydrogen) atoms. The van der Waals surface area contributed by atoms with Gasteiger partial charge in [-0.2, -0.15) is 0 Å². The highest BCUT2D eigenvalue weighted by molar-refractivity contribution is 5.50. The molecule has 3 N–H and O–H groups in total. The van der Waals surface area contributed by atoms with Gasteiger partial charge in [0.05, 0.1) is 13.4 Å². The summed E-state index contributed by atoms with van der Waals surface area (Å²) in [4.78, 5) is 20.4. The first-order chi connectivity index (χ1) is 8.60. The zero-order chi connectivity index (χ0) is 13.5. The molecule has 0 atom stereocenters. The van der Waals surface area contributed by atoms with Gasteiger partial charge in [0.25, 0.3) is 5.56 Å². The van der Waals surface area contributed by atoms with Crippen LogP contribution in [0, 0.1) is 5.92 Å². The van der Waals surface area contributed by atoms with E-state index in [0.29, 0.717) is 18.3 Å². The van der Waals surface area contributed by atoms with Gasteiger partial charge in [0.1, 0.15) is 0 Å². The molecule has 1 heterocycles.